The van der Waals surface area contributed by atoms with E-state index in [1.807, 2.05) is 54.6 Å². The van der Waals surface area contributed by atoms with Crippen molar-refractivity contribution in [1.82, 2.24) is 16.2 Å². The van der Waals surface area contributed by atoms with E-state index in [1.54, 1.807) is 6.92 Å². The third kappa shape index (κ3) is 5.48. The summed E-state index contributed by atoms with van der Waals surface area (Å²) in [5.41, 5.74) is 5.72. The Morgan fingerprint density at radius 1 is 0.963 bits per heavy atom. The lowest BCUT2D eigenvalue weighted by Gasteiger charge is -2.16. The first-order valence-electron chi connectivity index (χ1n) is 9.31. The molecule has 2 aromatic carbocycles. The van der Waals surface area contributed by atoms with Crippen molar-refractivity contribution in [2.24, 2.45) is 0 Å². The van der Waals surface area contributed by atoms with Crippen LogP contribution < -0.4 is 20.9 Å². The van der Waals surface area contributed by atoms with Gasteiger partial charge in [0.25, 0.3) is 0 Å². The summed E-state index contributed by atoms with van der Waals surface area (Å²) in [7, 11) is 0. The molecule has 1 unspecified atom stereocenters. The van der Waals surface area contributed by atoms with E-state index >= 15 is 0 Å². The molecular weight excluding hydrogens is 342 g/mol. The first kappa shape index (κ1) is 18.8. The van der Waals surface area contributed by atoms with Crippen LogP contribution in [0, 0.1) is 0 Å². The van der Waals surface area contributed by atoms with Gasteiger partial charge in [-0.1, -0.05) is 43.2 Å². The quantitative estimate of drug-likeness (QED) is 0.702. The highest BCUT2D eigenvalue weighted by Crippen LogP contribution is 2.25. The minimum atomic E-state index is -0.434. The molecule has 3 N–H and O–H groups in total. The number of rotatable bonds is 5. The minimum absolute atomic E-state index is 0.200. The number of benzene rings is 2. The van der Waals surface area contributed by atoms with Gasteiger partial charge in [-0.25, -0.2) is 10.2 Å². The molecule has 1 aliphatic carbocycles. The summed E-state index contributed by atoms with van der Waals surface area (Å²) in [6.45, 7) is 1.79. The van der Waals surface area contributed by atoms with E-state index in [2.05, 4.69) is 16.2 Å². The van der Waals surface area contributed by atoms with E-state index in [-0.39, 0.29) is 18.0 Å². The Balaban J connectivity index is 1.53. The van der Waals surface area contributed by atoms with Crippen LogP contribution in [0.1, 0.15) is 44.1 Å². The predicted molar refractivity (Wildman–Crippen MR) is 103 cm³/mol. The smallest absolute Gasteiger partial charge is 0.333 e. The van der Waals surface area contributed by atoms with Crippen LogP contribution in [-0.4, -0.2) is 18.0 Å². The lowest BCUT2D eigenvalue weighted by atomic mass is 10.0. The van der Waals surface area contributed by atoms with E-state index in [4.69, 9.17) is 4.74 Å². The Kier molecular flexibility index (Phi) is 6.30. The van der Waals surface area contributed by atoms with E-state index in [9.17, 15) is 9.59 Å². The molecule has 1 aliphatic rings. The van der Waals surface area contributed by atoms with Gasteiger partial charge in [0.1, 0.15) is 11.5 Å². The van der Waals surface area contributed by atoms with Crippen LogP contribution in [0.25, 0.3) is 0 Å². The van der Waals surface area contributed by atoms with Gasteiger partial charge in [0.05, 0.1) is 5.92 Å². The number of urea groups is 1. The Bertz CT molecular complexity index is 773. The summed E-state index contributed by atoms with van der Waals surface area (Å²) in [4.78, 5) is 24.2. The molecule has 6 nitrogen and oxygen atoms in total. The highest BCUT2D eigenvalue weighted by atomic mass is 16.5. The molecule has 0 aromatic heterocycles. The third-order valence-corrected chi connectivity index (χ3v) is 4.72. The summed E-state index contributed by atoms with van der Waals surface area (Å²) in [5, 5.41) is 2.86. The third-order valence-electron chi connectivity index (χ3n) is 4.72. The fraction of sp³-hybridized carbons (Fsp3) is 0.333. The van der Waals surface area contributed by atoms with Gasteiger partial charge >= 0.3 is 6.03 Å². The zero-order chi connectivity index (χ0) is 19.1. The van der Waals surface area contributed by atoms with Gasteiger partial charge in [0.2, 0.25) is 5.91 Å². The molecule has 1 fully saturated rings. The van der Waals surface area contributed by atoms with Crippen LogP contribution in [0.4, 0.5) is 4.79 Å². The standard InChI is InChI=1S/C21H25N3O3/c1-15(20(25)23-24-21(26)22-17-9-5-6-10-17)16-8-7-13-19(14-16)27-18-11-3-2-4-12-18/h2-4,7-8,11-15,17H,5-6,9-10H2,1H3,(H,23,25)(H2,22,24,26). The average molecular weight is 367 g/mol. The van der Waals surface area contributed by atoms with Gasteiger partial charge in [-0.05, 0) is 49.6 Å². The number of carbonyl (C=O) groups is 2. The minimum Gasteiger partial charge on any atom is -0.457 e. The highest BCUT2D eigenvalue weighted by molar-refractivity contribution is 5.85. The zero-order valence-electron chi connectivity index (χ0n) is 15.4. The van der Waals surface area contributed by atoms with Gasteiger partial charge in [-0.15, -0.1) is 0 Å². The van der Waals surface area contributed by atoms with Crippen molar-refractivity contribution in [2.45, 2.75) is 44.6 Å². The molecule has 2 aromatic rings. The maximum Gasteiger partial charge on any atom is 0.333 e. The van der Waals surface area contributed by atoms with Crippen molar-refractivity contribution in [2.75, 3.05) is 0 Å². The fourth-order valence-corrected chi connectivity index (χ4v) is 3.14. The molecule has 0 bridgehead atoms. The summed E-state index contributed by atoms with van der Waals surface area (Å²) < 4.78 is 5.81. The number of carbonyl (C=O) groups excluding carboxylic acids is 2. The molecule has 27 heavy (non-hydrogen) atoms. The molecule has 6 heteroatoms. The maximum absolute atomic E-state index is 12.4. The number of ether oxygens (including phenoxy) is 1. The fourth-order valence-electron chi connectivity index (χ4n) is 3.14. The van der Waals surface area contributed by atoms with Gasteiger partial charge in [-0.3, -0.25) is 10.2 Å². The van der Waals surface area contributed by atoms with Gasteiger partial charge in [-0.2, -0.15) is 0 Å². The van der Waals surface area contributed by atoms with Crippen molar-refractivity contribution in [3.8, 4) is 11.5 Å². The summed E-state index contributed by atoms with van der Waals surface area (Å²) in [5.74, 6) is 0.673. The summed E-state index contributed by atoms with van der Waals surface area (Å²) in [6, 6.07) is 16.7. The number of hydrogen-bond donors (Lipinski definition) is 3. The lowest BCUT2D eigenvalue weighted by Crippen LogP contribution is -2.50. The largest absolute Gasteiger partial charge is 0.457 e. The highest BCUT2D eigenvalue weighted by Gasteiger charge is 2.19. The normalized spacial score (nSPS) is 15.0. The monoisotopic (exact) mass is 367 g/mol. The second kappa shape index (κ2) is 9.07. The Labute approximate surface area is 159 Å². The van der Waals surface area contributed by atoms with E-state index in [0.29, 0.717) is 5.75 Å². The SMILES string of the molecule is CC(C(=O)NNC(=O)NC1CCCC1)c1cccc(Oc2ccccc2)c1. The summed E-state index contributed by atoms with van der Waals surface area (Å²) in [6.07, 6.45) is 4.25. The molecule has 3 rings (SSSR count). The van der Waals surface area contributed by atoms with Crippen LogP contribution >= 0.6 is 0 Å². The van der Waals surface area contributed by atoms with Crippen molar-refractivity contribution in [3.63, 3.8) is 0 Å². The number of hydrogen-bond acceptors (Lipinski definition) is 3. The Morgan fingerprint density at radius 3 is 2.41 bits per heavy atom. The van der Waals surface area contributed by atoms with E-state index in [1.165, 1.54) is 0 Å². The van der Waals surface area contributed by atoms with Gasteiger partial charge < -0.3 is 10.1 Å². The average Bonchev–Trinajstić information content (AvgIpc) is 3.19. The number of amides is 3. The molecule has 3 amide bonds. The second-order valence-corrected chi connectivity index (χ2v) is 6.78. The topological polar surface area (TPSA) is 79.5 Å². The van der Waals surface area contributed by atoms with Gasteiger partial charge in [0, 0.05) is 6.04 Å². The van der Waals surface area contributed by atoms with Crippen LogP contribution in [0.3, 0.4) is 0 Å². The first-order valence-corrected chi connectivity index (χ1v) is 9.31. The van der Waals surface area contributed by atoms with Crippen LogP contribution in [0.2, 0.25) is 0 Å². The lowest BCUT2D eigenvalue weighted by molar-refractivity contribution is -0.122. The molecule has 0 spiro atoms. The molecule has 0 heterocycles. The number of hydrazine groups is 1. The van der Waals surface area contributed by atoms with Crippen molar-refractivity contribution < 1.29 is 14.3 Å². The second-order valence-electron chi connectivity index (χ2n) is 6.78. The number of nitrogens with one attached hydrogen (secondary N) is 3. The van der Waals surface area contributed by atoms with Crippen LogP contribution in [0.15, 0.2) is 54.6 Å². The van der Waals surface area contributed by atoms with Gasteiger partial charge in [0.15, 0.2) is 0 Å². The number of para-hydroxylation sites is 1. The first-order chi connectivity index (χ1) is 13.1. The molecule has 0 aliphatic heterocycles. The maximum atomic E-state index is 12.4. The Morgan fingerprint density at radius 2 is 1.67 bits per heavy atom. The molecule has 1 atom stereocenters. The molecule has 142 valence electrons. The van der Waals surface area contributed by atoms with Crippen molar-refractivity contribution in [1.29, 1.82) is 0 Å². The molecule has 0 saturated heterocycles. The van der Waals surface area contributed by atoms with Crippen molar-refractivity contribution >= 4 is 11.9 Å². The van der Waals surface area contributed by atoms with Crippen LogP contribution in [-0.2, 0) is 4.79 Å². The van der Waals surface area contributed by atoms with E-state index in [0.717, 1.165) is 37.0 Å². The molecular formula is C21H25N3O3. The van der Waals surface area contributed by atoms with Crippen LogP contribution in [0.5, 0.6) is 11.5 Å². The Hall–Kier alpha value is -3.02. The van der Waals surface area contributed by atoms with E-state index < -0.39 is 5.92 Å². The zero-order valence-corrected chi connectivity index (χ0v) is 15.4. The predicted octanol–water partition coefficient (Wildman–Crippen LogP) is 3.86. The molecule has 0 radical (unpaired) electrons. The summed E-state index contributed by atoms with van der Waals surface area (Å²) >= 11 is 0. The molecule has 1 saturated carbocycles. The van der Waals surface area contributed by atoms with Crippen molar-refractivity contribution in [3.05, 3.63) is 60.2 Å².